The Bertz CT molecular complexity index is 480. The number of ether oxygens (including phenoxy) is 1. The number of nitrogens with one attached hydrogen (secondary N) is 1. The summed E-state index contributed by atoms with van der Waals surface area (Å²) in [7, 11) is 6.45. The van der Waals surface area contributed by atoms with Crippen molar-refractivity contribution in [1.82, 2.24) is 15.1 Å². The molecule has 0 spiro atoms. The molecule has 3 heterocycles. The predicted octanol–water partition coefficient (Wildman–Crippen LogP) is 2.33. The number of rotatable bonds is 3. The fourth-order valence-electron chi connectivity index (χ4n) is 5.88. The Balaban J connectivity index is 1.39. The van der Waals surface area contributed by atoms with E-state index >= 15 is 0 Å². The smallest absolute Gasteiger partial charge is 0.193 e. The van der Waals surface area contributed by atoms with Gasteiger partial charge in [0.25, 0.3) is 0 Å². The number of guanidine groups is 1. The molecule has 0 amide bonds. The molecule has 1 saturated carbocycles. The Kier molecular flexibility index (Phi) is 4.98. The Hall–Kier alpha value is -0.810. The summed E-state index contributed by atoms with van der Waals surface area (Å²) < 4.78 is 6.12. The van der Waals surface area contributed by atoms with E-state index < -0.39 is 0 Å². The molecule has 5 nitrogen and oxygen atoms in total. The van der Waals surface area contributed by atoms with E-state index in [9.17, 15) is 0 Å². The van der Waals surface area contributed by atoms with Crippen LogP contribution in [0.2, 0.25) is 0 Å². The second-order valence-corrected chi connectivity index (χ2v) is 8.96. The van der Waals surface area contributed by atoms with Crippen LogP contribution in [0.3, 0.4) is 0 Å². The molecule has 0 aromatic rings. The number of nitrogens with zero attached hydrogens (tertiary/aromatic N) is 3. The highest BCUT2D eigenvalue weighted by atomic mass is 16.5. The first-order valence-corrected chi connectivity index (χ1v) is 10.4. The van der Waals surface area contributed by atoms with Crippen molar-refractivity contribution in [2.75, 3.05) is 40.8 Å². The van der Waals surface area contributed by atoms with Crippen LogP contribution in [0.25, 0.3) is 0 Å². The van der Waals surface area contributed by atoms with E-state index in [2.05, 4.69) is 34.2 Å². The van der Waals surface area contributed by atoms with Crippen LogP contribution in [-0.2, 0) is 4.74 Å². The number of likely N-dealkylation sites (N-methyl/N-ethyl adjacent to an activating group) is 1. The van der Waals surface area contributed by atoms with Gasteiger partial charge in [-0.05, 0) is 39.8 Å². The van der Waals surface area contributed by atoms with E-state index in [0.717, 1.165) is 37.4 Å². The fourth-order valence-corrected chi connectivity index (χ4v) is 5.88. The zero-order valence-electron chi connectivity index (χ0n) is 16.3. The molecule has 1 N–H and O–H groups in total. The second-order valence-electron chi connectivity index (χ2n) is 8.96. The molecule has 4 aliphatic rings. The van der Waals surface area contributed by atoms with Gasteiger partial charge in [0.05, 0.1) is 12.2 Å². The van der Waals surface area contributed by atoms with E-state index in [0.29, 0.717) is 12.2 Å². The average molecular weight is 349 g/mol. The maximum Gasteiger partial charge on any atom is 0.193 e. The van der Waals surface area contributed by atoms with Gasteiger partial charge in [-0.25, -0.2) is 0 Å². The van der Waals surface area contributed by atoms with Crippen molar-refractivity contribution in [3.63, 3.8) is 0 Å². The molecule has 4 unspecified atom stereocenters. The third-order valence-corrected chi connectivity index (χ3v) is 7.52. The van der Waals surface area contributed by atoms with Gasteiger partial charge in [0.15, 0.2) is 5.96 Å². The van der Waals surface area contributed by atoms with E-state index in [1.165, 1.54) is 51.4 Å². The SMILES string of the molecule is CN=C(NCC1(N(C)C)CCCCCC1)N1CC2C3CCC(O3)C2C1. The van der Waals surface area contributed by atoms with Gasteiger partial charge < -0.3 is 19.9 Å². The van der Waals surface area contributed by atoms with Crippen LogP contribution in [0.15, 0.2) is 4.99 Å². The molecular formula is C20H36N4O. The molecular weight excluding hydrogens is 312 g/mol. The van der Waals surface area contributed by atoms with Crippen molar-refractivity contribution in [3.8, 4) is 0 Å². The lowest BCUT2D eigenvalue weighted by atomic mass is 9.82. The zero-order chi connectivity index (χ0) is 17.4. The molecule has 0 aromatic heterocycles. The summed E-state index contributed by atoms with van der Waals surface area (Å²) in [5.41, 5.74) is 0.282. The Morgan fingerprint density at radius 1 is 1.08 bits per heavy atom. The molecule has 3 aliphatic heterocycles. The van der Waals surface area contributed by atoms with Crippen molar-refractivity contribution >= 4 is 5.96 Å². The highest BCUT2D eigenvalue weighted by molar-refractivity contribution is 5.80. The van der Waals surface area contributed by atoms with Gasteiger partial charge in [0.2, 0.25) is 0 Å². The van der Waals surface area contributed by atoms with Crippen LogP contribution in [0.5, 0.6) is 0 Å². The highest BCUT2D eigenvalue weighted by Crippen LogP contribution is 2.47. The number of hydrogen-bond donors (Lipinski definition) is 1. The molecule has 4 rings (SSSR count). The van der Waals surface area contributed by atoms with Gasteiger partial charge in [0.1, 0.15) is 0 Å². The maximum atomic E-state index is 6.12. The molecule has 25 heavy (non-hydrogen) atoms. The number of fused-ring (bicyclic) bond motifs is 5. The van der Waals surface area contributed by atoms with E-state index in [4.69, 9.17) is 4.74 Å². The molecule has 1 aliphatic carbocycles. The van der Waals surface area contributed by atoms with Gasteiger partial charge >= 0.3 is 0 Å². The van der Waals surface area contributed by atoms with Gasteiger partial charge in [-0.2, -0.15) is 0 Å². The summed E-state index contributed by atoms with van der Waals surface area (Å²) in [6.45, 7) is 3.27. The Morgan fingerprint density at radius 2 is 1.68 bits per heavy atom. The number of likely N-dealkylation sites (tertiary alicyclic amines) is 1. The third-order valence-electron chi connectivity index (χ3n) is 7.52. The van der Waals surface area contributed by atoms with E-state index in [1.807, 2.05) is 7.05 Å². The van der Waals surface area contributed by atoms with Gasteiger partial charge in [0, 0.05) is 44.1 Å². The first-order valence-electron chi connectivity index (χ1n) is 10.4. The summed E-state index contributed by atoms with van der Waals surface area (Å²) in [4.78, 5) is 9.61. The maximum absolute atomic E-state index is 6.12. The first-order chi connectivity index (χ1) is 12.1. The van der Waals surface area contributed by atoms with Crippen LogP contribution in [0.4, 0.5) is 0 Å². The van der Waals surface area contributed by atoms with Crippen molar-refractivity contribution in [2.24, 2.45) is 16.8 Å². The third kappa shape index (κ3) is 3.18. The predicted molar refractivity (Wildman–Crippen MR) is 102 cm³/mol. The lowest BCUT2D eigenvalue weighted by molar-refractivity contribution is 0.0764. The summed E-state index contributed by atoms with van der Waals surface area (Å²) in [5.74, 6) is 2.58. The molecule has 5 heteroatoms. The van der Waals surface area contributed by atoms with Crippen LogP contribution < -0.4 is 5.32 Å². The van der Waals surface area contributed by atoms with Crippen LogP contribution in [0, 0.1) is 11.8 Å². The highest BCUT2D eigenvalue weighted by Gasteiger charge is 2.53. The quantitative estimate of drug-likeness (QED) is 0.483. The standard InChI is InChI=1S/C20H36N4O/c1-21-19(22-14-20(23(2)3)10-6-4-5-7-11-20)24-12-15-16(13-24)18-9-8-17(15)25-18/h15-18H,4-14H2,1-3H3,(H,21,22). The molecule has 0 radical (unpaired) electrons. The second kappa shape index (κ2) is 7.07. The molecule has 0 aromatic carbocycles. The lowest BCUT2D eigenvalue weighted by Gasteiger charge is -2.40. The molecule has 3 saturated heterocycles. The monoisotopic (exact) mass is 348 g/mol. The van der Waals surface area contributed by atoms with Crippen molar-refractivity contribution in [1.29, 1.82) is 0 Å². The summed E-state index contributed by atoms with van der Waals surface area (Å²) in [5, 5.41) is 3.76. The topological polar surface area (TPSA) is 40.1 Å². The minimum absolute atomic E-state index is 0.282. The minimum atomic E-state index is 0.282. The molecule has 2 bridgehead atoms. The van der Waals surface area contributed by atoms with Gasteiger partial charge in [-0.15, -0.1) is 0 Å². The lowest BCUT2D eigenvalue weighted by Crippen LogP contribution is -2.54. The van der Waals surface area contributed by atoms with Crippen molar-refractivity contribution in [2.45, 2.75) is 69.1 Å². The van der Waals surface area contributed by atoms with Crippen molar-refractivity contribution < 1.29 is 4.74 Å². The molecule has 4 fully saturated rings. The normalized spacial score (nSPS) is 37.4. The van der Waals surface area contributed by atoms with Gasteiger partial charge in [-0.3, -0.25) is 4.99 Å². The molecule has 142 valence electrons. The van der Waals surface area contributed by atoms with Crippen LogP contribution in [-0.4, -0.2) is 74.3 Å². The largest absolute Gasteiger partial charge is 0.374 e. The first kappa shape index (κ1) is 17.6. The summed E-state index contributed by atoms with van der Waals surface area (Å²) in [6, 6.07) is 0. The minimum Gasteiger partial charge on any atom is -0.374 e. The van der Waals surface area contributed by atoms with E-state index in [-0.39, 0.29) is 5.54 Å². The Labute approximate surface area is 153 Å². The van der Waals surface area contributed by atoms with Crippen LogP contribution in [0.1, 0.15) is 51.4 Å². The van der Waals surface area contributed by atoms with Crippen LogP contribution >= 0.6 is 0 Å². The Morgan fingerprint density at radius 3 is 2.20 bits per heavy atom. The summed E-state index contributed by atoms with van der Waals surface area (Å²) >= 11 is 0. The van der Waals surface area contributed by atoms with E-state index in [1.54, 1.807) is 0 Å². The summed E-state index contributed by atoms with van der Waals surface area (Å²) in [6.07, 6.45) is 11.7. The van der Waals surface area contributed by atoms with Crippen molar-refractivity contribution in [3.05, 3.63) is 0 Å². The van der Waals surface area contributed by atoms with Gasteiger partial charge in [-0.1, -0.05) is 25.7 Å². The number of hydrogen-bond acceptors (Lipinski definition) is 3. The fraction of sp³-hybridized carbons (Fsp3) is 0.950. The number of aliphatic imine (C=N–C) groups is 1. The zero-order valence-corrected chi connectivity index (χ0v) is 16.3. The molecule has 4 atom stereocenters. The average Bonchev–Trinajstić information content (AvgIpc) is 3.26.